The van der Waals surface area contributed by atoms with Crippen molar-refractivity contribution in [3.05, 3.63) is 198 Å². The molecule has 1 spiro atoms. The summed E-state index contributed by atoms with van der Waals surface area (Å²) in [6, 6.07) is 64.4. The fourth-order valence-corrected chi connectivity index (χ4v) is 13.4. The second kappa shape index (κ2) is 14.0. The molecule has 308 valence electrons. The quantitative estimate of drug-likeness (QED) is 0.156. The average molecular weight is 858 g/mol. The number of nitrogens with zero attached hydrogens (tertiary/aromatic N) is 3. The molecule has 2 aliphatic carbocycles. The highest BCUT2D eigenvalue weighted by molar-refractivity contribution is 6.90. The van der Waals surface area contributed by atoms with E-state index >= 15 is 0 Å². The lowest BCUT2D eigenvalue weighted by atomic mass is 9.68. The number of para-hydroxylation sites is 2. The maximum absolute atomic E-state index is 6.96. The van der Waals surface area contributed by atoms with Crippen LogP contribution in [0.4, 0.5) is 0 Å². The highest BCUT2D eigenvalue weighted by Crippen LogP contribution is 2.64. The third kappa shape index (κ3) is 5.62. The molecule has 0 saturated carbocycles. The van der Waals surface area contributed by atoms with Crippen molar-refractivity contribution in [1.82, 2.24) is 15.0 Å². The standard InChI is InChI=1S/C58H47N3OSi2/c1-63(2,3)37-34-32-36(33-35-37)55-59-56(61-57(60-55)47-27-16-25-44-45-26-17-31-51(64(4,5)6)54(45)62-53(44)47)46-22-8-7-18-38(46)42-23-15-24-43-41-21-11-14-30-50(41)58(52(42)43)48-28-12-9-19-39(48)40-20-10-13-29-49(40)58/h7-35H,1-6H3. The summed E-state index contributed by atoms with van der Waals surface area (Å²) in [7, 11) is -3.28. The van der Waals surface area contributed by atoms with E-state index in [2.05, 4.69) is 215 Å². The first-order chi connectivity index (χ1) is 31.0. The van der Waals surface area contributed by atoms with E-state index in [-0.39, 0.29) is 0 Å². The van der Waals surface area contributed by atoms with Gasteiger partial charge in [0.1, 0.15) is 11.2 Å². The highest BCUT2D eigenvalue weighted by atomic mass is 28.3. The zero-order chi connectivity index (χ0) is 43.5. The van der Waals surface area contributed by atoms with Crippen molar-refractivity contribution in [2.75, 3.05) is 0 Å². The molecule has 8 aromatic carbocycles. The second-order valence-electron chi connectivity index (χ2n) is 19.5. The van der Waals surface area contributed by atoms with Crippen molar-refractivity contribution >= 4 is 48.5 Å². The summed E-state index contributed by atoms with van der Waals surface area (Å²) in [5, 5.41) is 4.90. The Morgan fingerprint density at radius 1 is 0.359 bits per heavy atom. The Morgan fingerprint density at radius 3 is 1.39 bits per heavy atom. The molecule has 0 unspecified atom stereocenters. The summed E-state index contributed by atoms with van der Waals surface area (Å²) < 4.78 is 6.96. The number of benzene rings is 8. The van der Waals surface area contributed by atoms with E-state index in [1.807, 2.05) is 0 Å². The molecule has 0 aliphatic heterocycles. The Balaban J connectivity index is 1.12. The van der Waals surface area contributed by atoms with Gasteiger partial charge in [0, 0.05) is 21.9 Å². The van der Waals surface area contributed by atoms with Crippen LogP contribution in [0.15, 0.2) is 180 Å². The summed E-state index contributed by atoms with van der Waals surface area (Å²) in [6.07, 6.45) is 0. The predicted octanol–water partition coefficient (Wildman–Crippen LogP) is 13.9. The molecule has 0 atom stereocenters. The van der Waals surface area contributed by atoms with Crippen LogP contribution in [0.5, 0.6) is 0 Å². The number of hydrogen-bond acceptors (Lipinski definition) is 4. The van der Waals surface area contributed by atoms with E-state index in [9.17, 15) is 0 Å². The molecular weight excluding hydrogens is 811 g/mol. The van der Waals surface area contributed by atoms with Gasteiger partial charge in [0.05, 0.1) is 27.1 Å². The molecule has 0 bridgehead atoms. The van der Waals surface area contributed by atoms with E-state index in [0.717, 1.165) is 49.8 Å². The van der Waals surface area contributed by atoms with Gasteiger partial charge in [0.15, 0.2) is 17.5 Å². The lowest BCUT2D eigenvalue weighted by molar-refractivity contribution is 0.672. The summed E-state index contributed by atoms with van der Waals surface area (Å²) in [5.74, 6) is 1.84. The molecule has 2 heterocycles. The van der Waals surface area contributed by atoms with E-state index < -0.39 is 21.6 Å². The van der Waals surface area contributed by atoms with Crippen molar-refractivity contribution in [2.24, 2.45) is 0 Å². The van der Waals surface area contributed by atoms with Gasteiger partial charge in [0.2, 0.25) is 0 Å². The molecule has 0 amide bonds. The Morgan fingerprint density at radius 2 is 0.797 bits per heavy atom. The maximum atomic E-state index is 6.96. The molecule has 2 aliphatic rings. The predicted molar refractivity (Wildman–Crippen MR) is 271 cm³/mol. The van der Waals surface area contributed by atoms with Crippen LogP contribution in [0.3, 0.4) is 0 Å². The van der Waals surface area contributed by atoms with Crippen LogP contribution >= 0.6 is 0 Å². The molecule has 0 fully saturated rings. The van der Waals surface area contributed by atoms with Crippen molar-refractivity contribution in [1.29, 1.82) is 0 Å². The SMILES string of the molecule is C[Si](C)(C)c1ccc(-c2nc(-c3ccccc3-c3cccc4c3C3(c5ccccc5-c5ccccc53)c3ccccc3-4)nc(-c3cccc4c3oc3c([Si](C)(C)C)cccc34)n2)cc1. The molecule has 12 rings (SSSR count). The van der Waals surface area contributed by atoms with Gasteiger partial charge in [0.25, 0.3) is 0 Å². The highest BCUT2D eigenvalue weighted by Gasteiger charge is 2.52. The van der Waals surface area contributed by atoms with Crippen LogP contribution in [0.2, 0.25) is 39.3 Å². The lowest BCUT2D eigenvalue weighted by Gasteiger charge is -2.32. The van der Waals surface area contributed by atoms with Gasteiger partial charge < -0.3 is 4.42 Å². The number of rotatable bonds is 6. The lowest BCUT2D eigenvalue weighted by Crippen LogP contribution is -2.37. The molecule has 4 nitrogen and oxygen atoms in total. The van der Waals surface area contributed by atoms with Crippen LogP contribution in [-0.2, 0) is 5.41 Å². The first kappa shape index (κ1) is 38.7. The molecule has 0 saturated heterocycles. The van der Waals surface area contributed by atoms with Gasteiger partial charge in [-0.05, 0) is 66.9 Å². The zero-order valence-corrected chi connectivity index (χ0v) is 39.0. The number of fused-ring (bicyclic) bond motifs is 13. The number of aromatic nitrogens is 3. The Labute approximate surface area is 376 Å². The first-order valence-electron chi connectivity index (χ1n) is 22.4. The third-order valence-electron chi connectivity index (χ3n) is 13.7. The van der Waals surface area contributed by atoms with Gasteiger partial charge in [-0.25, -0.2) is 15.0 Å². The van der Waals surface area contributed by atoms with E-state index in [4.69, 9.17) is 19.4 Å². The largest absolute Gasteiger partial charge is 0.455 e. The van der Waals surface area contributed by atoms with Crippen molar-refractivity contribution < 1.29 is 4.42 Å². The van der Waals surface area contributed by atoms with Crippen LogP contribution in [0.1, 0.15) is 22.3 Å². The first-order valence-corrected chi connectivity index (χ1v) is 29.4. The summed E-state index contributed by atoms with van der Waals surface area (Å²) in [6.45, 7) is 14.3. The van der Waals surface area contributed by atoms with Crippen molar-refractivity contribution in [3.63, 3.8) is 0 Å². The maximum Gasteiger partial charge on any atom is 0.167 e. The van der Waals surface area contributed by atoms with Gasteiger partial charge >= 0.3 is 0 Å². The topological polar surface area (TPSA) is 51.8 Å². The molecule has 6 heteroatoms. The average Bonchev–Trinajstić information content (AvgIpc) is 3.95. The third-order valence-corrected chi connectivity index (χ3v) is 17.8. The smallest absolute Gasteiger partial charge is 0.167 e. The van der Waals surface area contributed by atoms with Crippen LogP contribution in [-0.4, -0.2) is 31.1 Å². The minimum absolute atomic E-state index is 0.512. The zero-order valence-electron chi connectivity index (χ0n) is 37.0. The number of hydrogen-bond donors (Lipinski definition) is 0. The fourth-order valence-electron chi connectivity index (χ4n) is 10.7. The van der Waals surface area contributed by atoms with E-state index in [1.54, 1.807) is 0 Å². The van der Waals surface area contributed by atoms with Gasteiger partial charge in [-0.2, -0.15) is 0 Å². The Kier molecular flexibility index (Phi) is 8.46. The molecule has 2 aromatic heterocycles. The van der Waals surface area contributed by atoms with Gasteiger partial charge in [-0.1, -0.05) is 214 Å². The normalized spacial score (nSPS) is 13.6. The minimum Gasteiger partial charge on any atom is -0.455 e. The monoisotopic (exact) mass is 857 g/mol. The fraction of sp³-hybridized carbons (Fsp3) is 0.121. The molecular formula is C58H47N3OSi2. The van der Waals surface area contributed by atoms with Crippen molar-refractivity contribution in [3.8, 4) is 67.5 Å². The minimum atomic E-state index is -1.73. The summed E-state index contributed by atoms with van der Waals surface area (Å²) in [4.78, 5) is 16.2. The summed E-state index contributed by atoms with van der Waals surface area (Å²) in [5.41, 5.74) is 16.6. The molecule has 10 aromatic rings. The van der Waals surface area contributed by atoms with Gasteiger partial charge in [-0.15, -0.1) is 0 Å². The molecule has 64 heavy (non-hydrogen) atoms. The summed E-state index contributed by atoms with van der Waals surface area (Å²) >= 11 is 0. The van der Waals surface area contributed by atoms with Crippen molar-refractivity contribution in [2.45, 2.75) is 44.7 Å². The molecule has 0 N–H and O–H groups in total. The van der Waals surface area contributed by atoms with Crippen LogP contribution in [0.25, 0.3) is 89.5 Å². The Bertz CT molecular complexity index is 3470. The van der Waals surface area contributed by atoms with Gasteiger partial charge in [-0.3, -0.25) is 0 Å². The second-order valence-corrected chi connectivity index (χ2v) is 29.6. The van der Waals surface area contributed by atoms with E-state index in [0.29, 0.717) is 17.5 Å². The number of furan rings is 1. The van der Waals surface area contributed by atoms with Crippen LogP contribution in [0, 0.1) is 0 Å². The van der Waals surface area contributed by atoms with E-state index in [1.165, 1.54) is 54.9 Å². The van der Waals surface area contributed by atoms with Crippen LogP contribution < -0.4 is 10.4 Å². The molecule has 0 radical (unpaired) electrons. The Hall–Kier alpha value is -7.00.